The second kappa shape index (κ2) is 5.26. The second-order valence-corrected chi connectivity index (χ2v) is 5.59. The van der Waals surface area contributed by atoms with E-state index in [4.69, 9.17) is 16.6 Å². The smallest absolute Gasteiger partial charge is 0.177 e. The maximum absolute atomic E-state index is 6.11. The first-order valence-electron chi connectivity index (χ1n) is 7.08. The van der Waals surface area contributed by atoms with Gasteiger partial charge in [-0.2, -0.15) is 5.10 Å². The monoisotopic (exact) mass is 296 g/mol. The van der Waals surface area contributed by atoms with E-state index in [1.54, 1.807) is 0 Å². The van der Waals surface area contributed by atoms with Gasteiger partial charge in [-0.05, 0) is 13.5 Å². The van der Waals surface area contributed by atoms with Gasteiger partial charge in [-0.15, -0.1) is 11.6 Å². The Morgan fingerprint density at radius 3 is 2.45 bits per heavy atom. The molecule has 6 nitrogen and oxygen atoms in total. The van der Waals surface area contributed by atoms with Crippen molar-refractivity contribution in [3.05, 3.63) is 11.5 Å². The van der Waals surface area contributed by atoms with Gasteiger partial charge in [0, 0.05) is 33.2 Å². The summed E-state index contributed by atoms with van der Waals surface area (Å²) < 4.78 is 4.09. The number of nitrogens with zero attached hydrogens (tertiary/aromatic N) is 6. The van der Waals surface area contributed by atoms with E-state index in [-0.39, 0.29) is 0 Å². The van der Waals surface area contributed by atoms with E-state index in [1.807, 2.05) is 11.7 Å². The topological polar surface area (TPSA) is 42.1 Å². The molecule has 0 amide bonds. The van der Waals surface area contributed by atoms with Crippen LogP contribution in [0.25, 0.3) is 11.2 Å². The molecule has 3 heterocycles. The number of aryl methyl sites for hydroxylation is 2. The van der Waals surface area contributed by atoms with Crippen molar-refractivity contribution in [3.8, 4) is 0 Å². The van der Waals surface area contributed by atoms with Crippen LogP contribution < -0.4 is 5.01 Å². The first-order valence-corrected chi connectivity index (χ1v) is 7.62. The maximum atomic E-state index is 6.11. The molecule has 2 aromatic rings. The molecular formula is C13H21ClN6. The van der Waals surface area contributed by atoms with Gasteiger partial charge in [0.15, 0.2) is 5.65 Å². The number of halogens is 1. The van der Waals surface area contributed by atoms with Crippen molar-refractivity contribution >= 4 is 22.8 Å². The van der Waals surface area contributed by atoms with E-state index >= 15 is 0 Å². The van der Waals surface area contributed by atoms with Crippen molar-refractivity contribution in [1.29, 1.82) is 0 Å². The molecule has 0 atom stereocenters. The highest BCUT2D eigenvalue weighted by Crippen LogP contribution is 2.22. The maximum Gasteiger partial charge on any atom is 0.177 e. The third-order valence-corrected chi connectivity index (χ3v) is 4.20. The quantitative estimate of drug-likeness (QED) is 0.791. The molecule has 0 bridgehead atoms. The Kier molecular flexibility index (Phi) is 3.60. The van der Waals surface area contributed by atoms with E-state index in [0.29, 0.717) is 5.88 Å². The summed E-state index contributed by atoms with van der Waals surface area (Å²) in [7, 11) is 4.14. The molecule has 1 saturated heterocycles. The van der Waals surface area contributed by atoms with Gasteiger partial charge in [0.2, 0.25) is 0 Å². The molecule has 0 N–H and O–H groups in total. The van der Waals surface area contributed by atoms with Gasteiger partial charge in [-0.25, -0.2) is 14.3 Å². The lowest BCUT2D eigenvalue weighted by atomic mass is 10.3. The summed E-state index contributed by atoms with van der Waals surface area (Å²) in [5, 5.41) is 6.89. The van der Waals surface area contributed by atoms with Crippen LogP contribution in [0.15, 0.2) is 0 Å². The molecule has 1 aliphatic heterocycles. The Morgan fingerprint density at radius 1 is 1.15 bits per heavy atom. The summed E-state index contributed by atoms with van der Waals surface area (Å²) in [6.07, 6.45) is 0.888. The van der Waals surface area contributed by atoms with Crippen LogP contribution in [-0.2, 0) is 19.3 Å². The number of fused-ring (bicyclic) bond motifs is 1. The third kappa shape index (κ3) is 2.07. The van der Waals surface area contributed by atoms with Crippen LogP contribution in [0.2, 0.25) is 0 Å². The molecule has 7 heteroatoms. The van der Waals surface area contributed by atoms with E-state index < -0.39 is 0 Å². The fourth-order valence-electron chi connectivity index (χ4n) is 2.83. The molecule has 20 heavy (non-hydrogen) atoms. The SMILES string of the molecule is CCc1nn(C)c2c1nc(CCl)n2N1CCN(C)CC1. The van der Waals surface area contributed by atoms with Crippen molar-refractivity contribution in [1.82, 2.24) is 24.3 Å². The van der Waals surface area contributed by atoms with E-state index in [0.717, 1.165) is 55.3 Å². The van der Waals surface area contributed by atoms with Crippen molar-refractivity contribution < 1.29 is 0 Å². The number of piperazine rings is 1. The number of hydrogen-bond donors (Lipinski definition) is 0. The van der Waals surface area contributed by atoms with Gasteiger partial charge < -0.3 is 9.91 Å². The summed E-state index contributed by atoms with van der Waals surface area (Å²) in [5.74, 6) is 1.33. The fourth-order valence-corrected chi connectivity index (χ4v) is 3.00. The zero-order valence-electron chi connectivity index (χ0n) is 12.3. The van der Waals surface area contributed by atoms with Crippen molar-refractivity contribution in [3.63, 3.8) is 0 Å². The molecule has 0 saturated carbocycles. The average molecular weight is 297 g/mol. The molecule has 3 rings (SSSR count). The highest BCUT2D eigenvalue weighted by Gasteiger charge is 2.23. The molecular weight excluding hydrogens is 276 g/mol. The lowest BCUT2D eigenvalue weighted by molar-refractivity contribution is 0.287. The standard InChI is InChI=1S/C13H21ClN6/c1-4-10-12-13(18(3)16-10)20(11(9-14)15-12)19-7-5-17(2)6-8-19/h4-9H2,1-3H3. The molecule has 0 radical (unpaired) electrons. The number of aromatic nitrogens is 4. The van der Waals surface area contributed by atoms with Crippen LogP contribution in [0.4, 0.5) is 0 Å². The van der Waals surface area contributed by atoms with Gasteiger partial charge >= 0.3 is 0 Å². The van der Waals surface area contributed by atoms with Crippen LogP contribution in [0, 0.1) is 0 Å². The van der Waals surface area contributed by atoms with Gasteiger partial charge in [0.1, 0.15) is 11.3 Å². The molecule has 1 aliphatic rings. The Morgan fingerprint density at radius 2 is 1.85 bits per heavy atom. The zero-order chi connectivity index (χ0) is 14.3. The highest BCUT2D eigenvalue weighted by atomic mass is 35.5. The molecule has 1 fully saturated rings. The van der Waals surface area contributed by atoms with Crippen LogP contribution in [0.1, 0.15) is 18.4 Å². The summed E-state index contributed by atoms with van der Waals surface area (Å²) >= 11 is 6.11. The number of likely N-dealkylation sites (N-methyl/N-ethyl adjacent to an activating group) is 1. The predicted octanol–water partition coefficient (Wildman–Crippen LogP) is 0.954. The molecule has 0 spiro atoms. The van der Waals surface area contributed by atoms with Gasteiger partial charge in [0.25, 0.3) is 0 Å². The Bertz CT molecular complexity index is 608. The first-order chi connectivity index (χ1) is 9.65. The normalized spacial score (nSPS) is 17.3. The van der Waals surface area contributed by atoms with E-state index in [1.165, 1.54) is 0 Å². The minimum atomic E-state index is 0.421. The molecule has 0 aromatic carbocycles. The van der Waals surface area contributed by atoms with Gasteiger partial charge in [0.05, 0.1) is 11.6 Å². The molecule has 0 unspecified atom stereocenters. The zero-order valence-corrected chi connectivity index (χ0v) is 13.1. The van der Waals surface area contributed by atoms with Crippen LogP contribution in [-0.4, -0.2) is 57.6 Å². The Labute approximate surface area is 123 Å². The molecule has 110 valence electrons. The lowest BCUT2D eigenvalue weighted by Gasteiger charge is -2.35. The van der Waals surface area contributed by atoms with Crippen molar-refractivity contribution in [2.24, 2.45) is 7.05 Å². The average Bonchev–Trinajstić information content (AvgIpc) is 2.97. The van der Waals surface area contributed by atoms with E-state index in [2.05, 4.69) is 33.7 Å². The minimum absolute atomic E-state index is 0.421. The number of imidazole rings is 1. The summed E-state index contributed by atoms with van der Waals surface area (Å²) in [6, 6.07) is 0. The Balaban J connectivity index is 2.10. The van der Waals surface area contributed by atoms with Crippen LogP contribution in [0.3, 0.4) is 0 Å². The molecule has 0 aliphatic carbocycles. The summed E-state index contributed by atoms with van der Waals surface area (Å²) in [4.78, 5) is 7.05. The fraction of sp³-hybridized carbons (Fsp3) is 0.692. The summed E-state index contributed by atoms with van der Waals surface area (Å²) in [6.45, 7) is 6.19. The number of alkyl halides is 1. The van der Waals surface area contributed by atoms with Crippen LogP contribution >= 0.6 is 11.6 Å². The van der Waals surface area contributed by atoms with Gasteiger partial charge in [-0.3, -0.25) is 0 Å². The highest BCUT2D eigenvalue weighted by molar-refractivity contribution is 6.16. The predicted molar refractivity (Wildman–Crippen MR) is 80.9 cm³/mol. The third-order valence-electron chi connectivity index (χ3n) is 3.97. The van der Waals surface area contributed by atoms with Crippen molar-refractivity contribution in [2.75, 3.05) is 38.2 Å². The van der Waals surface area contributed by atoms with Crippen LogP contribution in [0.5, 0.6) is 0 Å². The van der Waals surface area contributed by atoms with Crippen molar-refractivity contribution in [2.45, 2.75) is 19.2 Å². The second-order valence-electron chi connectivity index (χ2n) is 5.33. The first kappa shape index (κ1) is 13.7. The summed E-state index contributed by atoms with van der Waals surface area (Å²) in [5.41, 5.74) is 3.09. The number of hydrogen-bond acceptors (Lipinski definition) is 4. The van der Waals surface area contributed by atoms with Gasteiger partial charge in [-0.1, -0.05) is 6.92 Å². The van der Waals surface area contributed by atoms with E-state index in [9.17, 15) is 0 Å². The Hall–Kier alpha value is -1.27. The molecule has 2 aromatic heterocycles. The lowest BCUT2D eigenvalue weighted by Crippen LogP contribution is -2.50. The number of rotatable bonds is 3. The largest absolute Gasteiger partial charge is 0.307 e. The minimum Gasteiger partial charge on any atom is -0.307 e.